The molecule has 0 aromatic carbocycles. The molecule has 23 heavy (non-hydrogen) atoms. The van der Waals surface area contributed by atoms with Crippen molar-refractivity contribution in [1.29, 1.82) is 0 Å². The minimum atomic E-state index is -0.574. The summed E-state index contributed by atoms with van der Waals surface area (Å²) in [6.07, 6.45) is 4.31. The largest absolute Gasteiger partial charge is 0.393 e. The molecular weight excluding hydrogens is 288 g/mol. The fraction of sp³-hybridized carbons (Fsp3) is 0.900. The highest BCUT2D eigenvalue weighted by Crippen LogP contribution is 2.71. The third kappa shape index (κ3) is 1.77. The molecule has 3 heteroatoms. The van der Waals surface area contributed by atoms with Crippen molar-refractivity contribution in [3.63, 3.8) is 0 Å². The lowest BCUT2D eigenvalue weighted by molar-refractivity contribution is -0.218. The van der Waals surface area contributed by atoms with Crippen molar-refractivity contribution >= 4 is 0 Å². The molecule has 0 heterocycles. The number of aliphatic hydroxyl groups is 3. The van der Waals surface area contributed by atoms with Gasteiger partial charge in [0.2, 0.25) is 0 Å². The van der Waals surface area contributed by atoms with Crippen LogP contribution in [-0.2, 0) is 0 Å². The molecule has 0 aromatic heterocycles. The first-order chi connectivity index (χ1) is 10.6. The zero-order chi connectivity index (χ0) is 16.8. The van der Waals surface area contributed by atoms with Crippen molar-refractivity contribution in [2.45, 2.75) is 77.6 Å². The van der Waals surface area contributed by atoms with Crippen LogP contribution in [-0.4, -0.2) is 33.6 Å². The van der Waals surface area contributed by atoms with E-state index in [1.165, 1.54) is 0 Å². The lowest BCUT2D eigenvalue weighted by atomic mass is 9.40. The fourth-order valence-electron chi connectivity index (χ4n) is 7.91. The molecule has 0 unspecified atom stereocenters. The summed E-state index contributed by atoms with van der Waals surface area (Å²) in [5, 5.41) is 32.6. The SMILES string of the molecule is C=C1[C@H]2CC[C@@H]3[C@@]4(C)C[C@H](O)CC(C)(C)[C@@H]4CC[C@@]3([C@@H]2O)[C@H]1O. The van der Waals surface area contributed by atoms with Gasteiger partial charge in [0.1, 0.15) is 0 Å². The van der Waals surface area contributed by atoms with Gasteiger partial charge in [-0.3, -0.25) is 0 Å². The van der Waals surface area contributed by atoms with Crippen molar-refractivity contribution in [3.05, 3.63) is 12.2 Å². The Morgan fingerprint density at radius 3 is 2.35 bits per heavy atom. The van der Waals surface area contributed by atoms with Crippen molar-refractivity contribution in [2.75, 3.05) is 0 Å². The van der Waals surface area contributed by atoms with Crippen LogP contribution in [0.3, 0.4) is 0 Å². The summed E-state index contributed by atoms with van der Waals surface area (Å²) in [5.41, 5.74) is 0.559. The number of fused-ring (bicyclic) bond motifs is 3. The van der Waals surface area contributed by atoms with Gasteiger partial charge in [-0.15, -0.1) is 0 Å². The zero-order valence-corrected chi connectivity index (χ0v) is 14.8. The molecule has 1 spiro atoms. The normalized spacial score (nSPS) is 57.7. The molecule has 0 radical (unpaired) electrons. The molecule has 0 aromatic rings. The van der Waals surface area contributed by atoms with Gasteiger partial charge in [0.25, 0.3) is 0 Å². The van der Waals surface area contributed by atoms with Crippen molar-refractivity contribution < 1.29 is 15.3 Å². The van der Waals surface area contributed by atoms with E-state index in [9.17, 15) is 15.3 Å². The Morgan fingerprint density at radius 1 is 0.957 bits per heavy atom. The van der Waals surface area contributed by atoms with Crippen LogP contribution in [0.1, 0.15) is 59.3 Å². The standard InChI is InChI=1S/C20H32O3/c1-11-13-5-6-15-19(4)10-12(21)9-18(2,3)14(19)7-8-20(15,16(11)22)17(13)23/h12-17,21-23H,1,5-10H2,2-4H3/t12-,13-,14+,15-,16+,17-,19+,20+/m1/s1. The average Bonchev–Trinajstić information content (AvgIpc) is 2.55. The van der Waals surface area contributed by atoms with Crippen molar-refractivity contribution in [2.24, 2.45) is 34.0 Å². The van der Waals surface area contributed by atoms with E-state index in [-0.39, 0.29) is 28.8 Å². The van der Waals surface area contributed by atoms with E-state index < -0.39 is 17.6 Å². The van der Waals surface area contributed by atoms with Gasteiger partial charge in [-0.05, 0) is 66.8 Å². The molecule has 0 aliphatic heterocycles. The van der Waals surface area contributed by atoms with Gasteiger partial charge in [0, 0.05) is 11.3 Å². The molecule has 4 saturated carbocycles. The van der Waals surface area contributed by atoms with Crippen LogP contribution in [0.5, 0.6) is 0 Å². The molecular formula is C20H32O3. The molecule has 3 nitrogen and oxygen atoms in total. The van der Waals surface area contributed by atoms with Crippen molar-refractivity contribution in [3.8, 4) is 0 Å². The fourth-order valence-corrected chi connectivity index (χ4v) is 7.91. The quantitative estimate of drug-likeness (QED) is 0.602. The van der Waals surface area contributed by atoms with Crippen LogP contribution in [0.25, 0.3) is 0 Å². The highest BCUT2D eigenvalue weighted by atomic mass is 16.3. The Balaban J connectivity index is 1.82. The Kier molecular flexibility index (Phi) is 3.23. The van der Waals surface area contributed by atoms with Gasteiger partial charge in [-0.2, -0.15) is 0 Å². The summed E-state index contributed by atoms with van der Waals surface area (Å²) in [6.45, 7) is 11.0. The summed E-state index contributed by atoms with van der Waals surface area (Å²) in [7, 11) is 0. The van der Waals surface area contributed by atoms with Gasteiger partial charge < -0.3 is 15.3 Å². The molecule has 4 aliphatic rings. The molecule has 0 saturated heterocycles. The minimum Gasteiger partial charge on any atom is -0.393 e. The van der Waals surface area contributed by atoms with E-state index in [0.717, 1.165) is 44.1 Å². The smallest absolute Gasteiger partial charge is 0.0835 e. The average molecular weight is 320 g/mol. The van der Waals surface area contributed by atoms with Crippen LogP contribution in [0.4, 0.5) is 0 Å². The minimum absolute atomic E-state index is 0.00301. The van der Waals surface area contributed by atoms with Crippen LogP contribution >= 0.6 is 0 Å². The van der Waals surface area contributed by atoms with Crippen LogP contribution in [0, 0.1) is 34.0 Å². The highest BCUT2D eigenvalue weighted by Gasteiger charge is 2.70. The predicted molar refractivity (Wildman–Crippen MR) is 89.7 cm³/mol. The van der Waals surface area contributed by atoms with E-state index in [1.54, 1.807) is 0 Å². The maximum atomic E-state index is 11.1. The van der Waals surface area contributed by atoms with Gasteiger partial charge >= 0.3 is 0 Å². The van der Waals surface area contributed by atoms with E-state index in [4.69, 9.17) is 0 Å². The first kappa shape index (κ1) is 16.1. The number of hydrogen-bond donors (Lipinski definition) is 3. The second-order valence-electron chi connectivity index (χ2n) is 9.92. The van der Waals surface area contributed by atoms with Gasteiger partial charge in [0.05, 0.1) is 18.3 Å². The molecule has 4 aliphatic carbocycles. The molecule has 3 N–H and O–H groups in total. The Hall–Kier alpha value is -0.380. The third-order valence-electron chi connectivity index (χ3n) is 8.52. The predicted octanol–water partition coefficient (Wildman–Crippen LogP) is 2.89. The first-order valence-electron chi connectivity index (χ1n) is 9.37. The molecule has 2 bridgehead atoms. The zero-order valence-electron chi connectivity index (χ0n) is 14.8. The van der Waals surface area contributed by atoms with Crippen LogP contribution in [0.15, 0.2) is 12.2 Å². The lowest BCUT2D eigenvalue weighted by Gasteiger charge is -2.65. The summed E-state index contributed by atoms with van der Waals surface area (Å²) in [6, 6.07) is 0. The number of rotatable bonds is 0. The van der Waals surface area contributed by atoms with Gasteiger partial charge in [-0.1, -0.05) is 27.4 Å². The van der Waals surface area contributed by atoms with Crippen molar-refractivity contribution in [1.82, 2.24) is 0 Å². The second kappa shape index (κ2) is 4.62. The van der Waals surface area contributed by atoms with Gasteiger partial charge in [0.15, 0.2) is 0 Å². The lowest BCUT2D eigenvalue weighted by Crippen LogP contribution is -2.63. The summed E-state index contributed by atoms with van der Waals surface area (Å²) >= 11 is 0. The Labute approximate surface area is 139 Å². The number of hydrogen-bond acceptors (Lipinski definition) is 3. The Morgan fingerprint density at radius 2 is 1.65 bits per heavy atom. The maximum absolute atomic E-state index is 11.1. The summed E-state index contributed by atoms with van der Waals surface area (Å²) in [4.78, 5) is 0. The molecule has 130 valence electrons. The van der Waals surface area contributed by atoms with Gasteiger partial charge in [-0.25, -0.2) is 0 Å². The monoisotopic (exact) mass is 320 g/mol. The second-order valence-corrected chi connectivity index (χ2v) is 9.92. The van der Waals surface area contributed by atoms with E-state index in [2.05, 4.69) is 27.4 Å². The highest BCUT2D eigenvalue weighted by molar-refractivity contribution is 5.30. The van der Waals surface area contributed by atoms with E-state index in [0.29, 0.717) is 5.92 Å². The Bertz CT molecular complexity index is 541. The van der Waals surface area contributed by atoms with E-state index in [1.807, 2.05) is 0 Å². The molecule has 0 amide bonds. The number of aliphatic hydroxyl groups excluding tert-OH is 3. The summed E-state index contributed by atoms with van der Waals surface area (Å²) in [5.74, 6) is 0.908. The maximum Gasteiger partial charge on any atom is 0.0835 e. The first-order valence-corrected chi connectivity index (χ1v) is 9.37. The summed E-state index contributed by atoms with van der Waals surface area (Å²) < 4.78 is 0. The topological polar surface area (TPSA) is 60.7 Å². The molecule has 8 atom stereocenters. The molecule has 4 rings (SSSR count). The van der Waals surface area contributed by atoms with Crippen LogP contribution in [0.2, 0.25) is 0 Å². The third-order valence-corrected chi connectivity index (χ3v) is 8.52. The molecule has 4 fully saturated rings. The van der Waals surface area contributed by atoms with E-state index >= 15 is 0 Å². The van der Waals surface area contributed by atoms with Crippen LogP contribution < -0.4 is 0 Å².